The van der Waals surface area contributed by atoms with Crippen molar-refractivity contribution >= 4 is 16.9 Å². The second kappa shape index (κ2) is 9.62. The van der Waals surface area contributed by atoms with E-state index in [1.807, 2.05) is 30.9 Å². The fourth-order valence-corrected chi connectivity index (χ4v) is 3.87. The minimum atomic E-state index is -0.611. The fraction of sp³-hybridized carbons (Fsp3) is 0.565. The Balaban J connectivity index is 1.72. The Morgan fingerprint density at radius 3 is 2.53 bits per heavy atom. The molecule has 0 bridgehead atoms. The van der Waals surface area contributed by atoms with Gasteiger partial charge in [0.25, 0.3) is 5.91 Å². The molecule has 1 aromatic carbocycles. The number of carbonyl (C=O) groups excluding carboxylic acids is 1. The second-order valence-corrected chi connectivity index (χ2v) is 8.31. The molecule has 3 rings (SSSR count). The summed E-state index contributed by atoms with van der Waals surface area (Å²) in [4.78, 5) is 31.3. The summed E-state index contributed by atoms with van der Waals surface area (Å²) in [6, 6.07) is 5.25. The maximum atomic E-state index is 13.0. The molecule has 1 aliphatic rings. The largest absolute Gasteiger partial charge is 0.480 e. The monoisotopic (exact) mass is 415 g/mol. The van der Waals surface area contributed by atoms with E-state index >= 15 is 0 Å². The van der Waals surface area contributed by atoms with Crippen molar-refractivity contribution in [2.24, 2.45) is 0 Å². The van der Waals surface area contributed by atoms with Gasteiger partial charge in [0.05, 0.1) is 5.39 Å². The summed E-state index contributed by atoms with van der Waals surface area (Å²) in [5, 5.41) is 0.774. The van der Waals surface area contributed by atoms with Crippen molar-refractivity contribution in [3.05, 3.63) is 39.7 Å². The molecule has 164 valence electrons. The number of nitrogens with zero attached hydrogens (tertiary/aromatic N) is 3. The van der Waals surface area contributed by atoms with E-state index in [0.29, 0.717) is 30.8 Å². The highest BCUT2D eigenvalue weighted by Gasteiger charge is 2.27. The average Bonchev–Trinajstić information content (AvgIpc) is 2.70. The van der Waals surface area contributed by atoms with Crippen LogP contribution in [-0.2, 0) is 11.2 Å². The number of likely N-dealkylation sites (N-methyl/N-ethyl adjacent to an activating group) is 1. The zero-order chi connectivity index (χ0) is 21.8. The number of piperazine rings is 1. The molecule has 7 heteroatoms. The fourth-order valence-electron chi connectivity index (χ4n) is 3.87. The SMILES string of the molecule is CCc1cc(=O)oc2cc(C)cc(OC(C)C(=O)N3CCN(CCN(C)C)CC3)c12. The van der Waals surface area contributed by atoms with Crippen LogP contribution >= 0.6 is 0 Å². The zero-order valence-corrected chi connectivity index (χ0v) is 18.7. The number of carbonyl (C=O) groups is 1. The number of hydrogen-bond donors (Lipinski definition) is 0. The summed E-state index contributed by atoms with van der Waals surface area (Å²) in [7, 11) is 4.14. The van der Waals surface area contributed by atoms with Crippen LogP contribution in [0.3, 0.4) is 0 Å². The van der Waals surface area contributed by atoms with Crippen molar-refractivity contribution < 1.29 is 13.9 Å². The highest BCUT2D eigenvalue weighted by molar-refractivity contribution is 5.88. The minimum absolute atomic E-state index is 0.00709. The molecule has 1 amide bonds. The smallest absolute Gasteiger partial charge is 0.336 e. The Hall–Kier alpha value is -2.38. The number of aryl methyl sites for hydroxylation is 2. The van der Waals surface area contributed by atoms with Crippen LogP contribution in [-0.4, -0.2) is 80.1 Å². The van der Waals surface area contributed by atoms with Crippen molar-refractivity contribution in [1.82, 2.24) is 14.7 Å². The summed E-state index contributed by atoms with van der Waals surface area (Å²) < 4.78 is 11.5. The van der Waals surface area contributed by atoms with Gasteiger partial charge in [0, 0.05) is 45.3 Å². The highest BCUT2D eigenvalue weighted by Crippen LogP contribution is 2.31. The molecule has 0 N–H and O–H groups in total. The first-order chi connectivity index (χ1) is 14.3. The van der Waals surface area contributed by atoms with Crippen LogP contribution < -0.4 is 10.4 Å². The second-order valence-electron chi connectivity index (χ2n) is 8.31. The van der Waals surface area contributed by atoms with E-state index in [1.54, 1.807) is 6.92 Å². The van der Waals surface area contributed by atoms with Crippen molar-refractivity contribution in [2.75, 3.05) is 53.4 Å². The first-order valence-corrected chi connectivity index (χ1v) is 10.7. The Morgan fingerprint density at radius 1 is 1.20 bits per heavy atom. The molecule has 2 heterocycles. The van der Waals surface area contributed by atoms with Crippen molar-refractivity contribution in [1.29, 1.82) is 0 Å². The van der Waals surface area contributed by atoms with Crippen LogP contribution in [0.1, 0.15) is 25.0 Å². The summed E-state index contributed by atoms with van der Waals surface area (Å²) in [6.45, 7) is 10.9. The van der Waals surface area contributed by atoms with Gasteiger partial charge < -0.3 is 19.0 Å². The van der Waals surface area contributed by atoms with Gasteiger partial charge in [0.2, 0.25) is 0 Å². The molecule has 1 atom stereocenters. The third kappa shape index (κ3) is 5.21. The van der Waals surface area contributed by atoms with E-state index in [0.717, 1.165) is 42.7 Å². The standard InChI is InChI=1S/C23H33N3O4/c1-6-18-15-21(27)30-20-14-16(2)13-19(22(18)20)29-17(3)23(28)26-11-9-25(10-12-26)8-7-24(4)5/h13-15,17H,6-12H2,1-5H3. The average molecular weight is 416 g/mol. The Kier molecular flexibility index (Phi) is 7.15. The van der Waals surface area contributed by atoms with Crippen LogP contribution in [0.2, 0.25) is 0 Å². The van der Waals surface area contributed by atoms with E-state index in [-0.39, 0.29) is 11.5 Å². The Labute approximate surface area is 178 Å². The molecular formula is C23H33N3O4. The van der Waals surface area contributed by atoms with Gasteiger partial charge in [-0.1, -0.05) is 6.92 Å². The lowest BCUT2D eigenvalue weighted by atomic mass is 10.0. The van der Waals surface area contributed by atoms with Crippen LogP contribution in [0, 0.1) is 6.92 Å². The summed E-state index contributed by atoms with van der Waals surface area (Å²) in [5.74, 6) is 0.586. The van der Waals surface area contributed by atoms with Crippen LogP contribution in [0.25, 0.3) is 11.0 Å². The molecule has 0 aliphatic carbocycles. The van der Waals surface area contributed by atoms with Crippen molar-refractivity contribution in [2.45, 2.75) is 33.3 Å². The zero-order valence-electron chi connectivity index (χ0n) is 18.7. The highest BCUT2D eigenvalue weighted by atomic mass is 16.5. The lowest BCUT2D eigenvalue weighted by Gasteiger charge is -2.36. The molecule has 0 saturated carbocycles. The topological polar surface area (TPSA) is 66.2 Å². The van der Waals surface area contributed by atoms with Gasteiger partial charge in [-0.25, -0.2) is 4.79 Å². The van der Waals surface area contributed by atoms with Gasteiger partial charge in [-0.15, -0.1) is 0 Å². The normalized spacial score (nSPS) is 16.3. The maximum absolute atomic E-state index is 13.0. The van der Waals surface area contributed by atoms with Gasteiger partial charge >= 0.3 is 5.63 Å². The van der Waals surface area contributed by atoms with E-state index in [2.05, 4.69) is 23.9 Å². The molecule has 1 saturated heterocycles. The summed E-state index contributed by atoms with van der Waals surface area (Å²) in [5.41, 5.74) is 1.92. The van der Waals surface area contributed by atoms with E-state index in [4.69, 9.17) is 9.15 Å². The maximum Gasteiger partial charge on any atom is 0.336 e. The first-order valence-electron chi connectivity index (χ1n) is 10.7. The van der Waals surface area contributed by atoms with Crippen LogP contribution in [0.4, 0.5) is 0 Å². The number of fused-ring (bicyclic) bond motifs is 1. The number of rotatable bonds is 7. The van der Waals surface area contributed by atoms with E-state index in [9.17, 15) is 9.59 Å². The van der Waals surface area contributed by atoms with Crippen LogP contribution in [0.15, 0.2) is 27.4 Å². The van der Waals surface area contributed by atoms with Crippen molar-refractivity contribution in [3.8, 4) is 5.75 Å². The predicted molar refractivity (Wildman–Crippen MR) is 118 cm³/mol. The van der Waals surface area contributed by atoms with Gasteiger partial charge in [-0.05, 0) is 57.6 Å². The van der Waals surface area contributed by atoms with E-state index in [1.165, 1.54) is 6.07 Å². The number of hydrogen-bond acceptors (Lipinski definition) is 6. The molecule has 0 spiro atoms. The predicted octanol–water partition coefficient (Wildman–Crippen LogP) is 2.14. The number of ether oxygens (including phenoxy) is 1. The molecule has 1 unspecified atom stereocenters. The lowest BCUT2D eigenvalue weighted by Crippen LogP contribution is -2.52. The van der Waals surface area contributed by atoms with Gasteiger partial charge in [0.1, 0.15) is 11.3 Å². The lowest BCUT2D eigenvalue weighted by molar-refractivity contribution is -0.139. The number of benzene rings is 1. The third-order valence-electron chi connectivity index (χ3n) is 5.61. The Morgan fingerprint density at radius 2 is 1.90 bits per heavy atom. The molecule has 1 aromatic heterocycles. The molecule has 1 fully saturated rings. The van der Waals surface area contributed by atoms with Crippen molar-refractivity contribution in [3.63, 3.8) is 0 Å². The quantitative estimate of drug-likeness (QED) is 0.646. The van der Waals surface area contributed by atoms with Crippen LogP contribution in [0.5, 0.6) is 5.75 Å². The molecule has 2 aromatic rings. The Bertz CT molecular complexity index is 945. The first kappa shape index (κ1) is 22.3. The third-order valence-corrected chi connectivity index (χ3v) is 5.61. The minimum Gasteiger partial charge on any atom is -0.480 e. The van der Waals surface area contributed by atoms with Gasteiger partial charge in [-0.3, -0.25) is 9.69 Å². The number of amides is 1. The molecule has 0 radical (unpaired) electrons. The summed E-state index contributed by atoms with van der Waals surface area (Å²) in [6.07, 6.45) is 0.0682. The molecular weight excluding hydrogens is 382 g/mol. The summed E-state index contributed by atoms with van der Waals surface area (Å²) >= 11 is 0. The molecule has 30 heavy (non-hydrogen) atoms. The molecule has 1 aliphatic heterocycles. The van der Waals surface area contributed by atoms with Gasteiger partial charge in [0.15, 0.2) is 6.10 Å². The molecule has 7 nitrogen and oxygen atoms in total. The van der Waals surface area contributed by atoms with Gasteiger partial charge in [-0.2, -0.15) is 0 Å². The van der Waals surface area contributed by atoms with E-state index < -0.39 is 6.10 Å².